The topological polar surface area (TPSA) is 55.4 Å². The Kier molecular flexibility index (Phi) is 5.51. The number of halogens is 3. The first-order valence-electron chi connectivity index (χ1n) is 6.07. The number of nitrogens with one attached hydrogen (secondary N) is 1. The molecular weight excluding hydrogens is 356 g/mol. The van der Waals surface area contributed by atoms with Gasteiger partial charge in [-0.25, -0.2) is 21.9 Å². The van der Waals surface area contributed by atoms with Crippen LogP contribution in [0.2, 0.25) is 4.34 Å². The molecule has 9 heteroatoms. The summed E-state index contributed by atoms with van der Waals surface area (Å²) in [6.45, 7) is -0.177. The van der Waals surface area contributed by atoms with Crippen molar-refractivity contribution >= 4 is 33.0 Å². The van der Waals surface area contributed by atoms with E-state index in [0.29, 0.717) is 9.21 Å². The molecule has 1 atom stereocenters. The molecule has 0 radical (unpaired) electrons. The summed E-state index contributed by atoms with van der Waals surface area (Å²) in [6, 6.07) is 6.20. The molecule has 0 aliphatic heterocycles. The third-order valence-electron chi connectivity index (χ3n) is 2.84. The van der Waals surface area contributed by atoms with Crippen LogP contribution in [0.4, 0.5) is 8.78 Å². The quantitative estimate of drug-likeness (QED) is 0.851. The van der Waals surface area contributed by atoms with Crippen LogP contribution in [-0.4, -0.2) is 22.1 Å². The van der Waals surface area contributed by atoms with Crippen LogP contribution < -0.4 is 4.72 Å². The maximum atomic E-state index is 13.6. The van der Waals surface area contributed by atoms with Crippen molar-refractivity contribution in [2.24, 2.45) is 0 Å². The number of rotatable bonds is 6. The van der Waals surface area contributed by atoms with Crippen molar-refractivity contribution in [3.8, 4) is 0 Å². The number of hydrogen-bond donors (Lipinski definition) is 1. The monoisotopic (exact) mass is 367 g/mol. The van der Waals surface area contributed by atoms with Gasteiger partial charge in [-0.3, -0.25) is 0 Å². The van der Waals surface area contributed by atoms with Gasteiger partial charge in [0.1, 0.15) is 17.7 Å². The van der Waals surface area contributed by atoms with Crippen LogP contribution in [0.15, 0.2) is 35.2 Å². The lowest BCUT2D eigenvalue weighted by atomic mass is 10.3. The van der Waals surface area contributed by atoms with Crippen molar-refractivity contribution in [1.29, 1.82) is 0 Å². The van der Waals surface area contributed by atoms with Gasteiger partial charge >= 0.3 is 0 Å². The third kappa shape index (κ3) is 3.82. The Bertz CT molecular complexity index is 744. The second-order valence-corrected chi connectivity index (χ2v) is 7.72. The predicted octanol–water partition coefficient (Wildman–Crippen LogP) is 3.35. The zero-order valence-electron chi connectivity index (χ0n) is 11.3. The van der Waals surface area contributed by atoms with Gasteiger partial charge < -0.3 is 4.74 Å². The van der Waals surface area contributed by atoms with Gasteiger partial charge in [-0.15, -0.1) is 11.3 Å². The molecule has 0 bridgehead atoms. The highest BCUT2D eigenvalue weighted by atomic mass is 35.5. The summed E-state index contributed by atoms with van der Waals surface area (Å²) in [5.41, 5.74) is 0. The summed E-state index contributed by atoms with van der Waals surface area (Å²) in [6.07, 6.45) is -0.609. The second kappa shape index (κ2) is 7.01. The molecule has 120 valence electrons. The van der Waals surface area contributed by atoms with Crippen molar-refractivity contribution in [3.63, 3.8) is 0 Å². The van der Waals surface area contributed by atoms with E-state index in [1.807, 2.05) is 0 Å². The summed E-state index contributed by atoms with van der Waals surface area (Å²) < 4.78 is 59.1. The smallest absolute Gasteiger partial charge is 0.246 e. The van der Waals surface area contributed by atoms with Crippen molar-refractivity contribution in [2.45, 2.75) is 11.0 Å². The fourth-order valence-corrected chi connectivity index (χ4v) is 4.10. The van der Waals surface area contributed by atoms with E-state index in [9.17, 15) is 17.2 Å². The summed E-state index contributed by atoms with van der Waals surface area (Å²) in [5.74, 6) is -2.30. The number of sulfonamides is 1. The van der Waals surface area contributed by atoms with Crippen LogP contribution >= 0.6 is 22.9 Å². The van der Waals surface area contributed by atoms with E-state index in [0.717, 1.165) is 18.2 Å². The van der Waals surface area contributed by atoms with Gasteiger partial charge in [0.25, 0.3) is 0 Å². The maximum Gasteiger partial charge on any atom is 0.246 e. The van der Waals surface area contributed by atoms with Crippen molar-refractivity contribution < 1.29 is 21.9 Å². The second-order valence-electron chi connectivity index (χ2n) is 4.27. The zero-order chi connectivity index (χ0) is 16.3. The van der Waals surface area contributed by atoms with Gasteiger partial charge in [-0.1, -0.05) is 17.7 Å². The molecule has 1 N–H and O–H groups in total. The minimum absolute atomic E-state index is 0.177. The Morgan fingerprint density at radius 1 is 1.27 bits per heavy atom. The molecule has 0 aliphatic rings. The molecule has 4 nitrogen and oxygen atoms in total. The molecule has 1 aromatic heterocycles. The lowest BCUT2D eigenvalue weighted by Crippen LogP contribution is -2.30. The van der Waals surface area contributed by atoms with Gasteiger partial charge in [0.15, 0.2) is 4.90 Å². The molecule has 0 saturated carbocycles. The molecule has 1 aromatic carbocycles. The Morgan fingerprint density at radius 2 is 1.91 bits per heavy atom. The first-order valence-corrected chi connectivity index (χ1v) is 8.74. The normalized spacial score (nSPS) is 13.3. The number of benzene rings is 1. The Hall–Kier alpha value is -1.06. The summed E-state index contributed by atoms with van der Waals surface area (Å²) >= 11 is 7.04. The molecule has 2 aromatic rings. The average Bonchev–Trinajstić information content (AvgIpc) is 2.85. The minimum atomic E-state index is -4.34. The Morgan fingerprint density at radius 3 is 2.41 bits per heavy atom. The van der Waals surface area contributed by atoms with E-state index in [1.165, 1.54) is 18.4 Å². The fraction of sp³-hybridized carbons (Fsp3) is 0.231. The van der Waals surface area contributed by atoms with E-state index >= 15 is 0 Å². The van der Waals surface area contributed by atoms with Gasteiger partial charge in [0.05, 0.1) is 4.34 Å². The molecule has 0 spiro atoms. The standard InChI is InChI=1S/C13H12ClF2NO3S2/c1-20-10(11-5-6-12(14)21-11)7-17-22(18,19)13-8(15)3-2-4-9(13)16/h2-6,10,17H,7H2,1H3. The van der Waals surface area contributed by atoms with Gasteiger partial charge in [-0.2, -0.15) is 0 Å². The zero-order valence-corrected chi connectivity index (χ0v) is 13.7. The first kappa shape index (κ1) is 17.3. The van der Waals surface area contributed by atoms with Gasteiger partial charge in [-0.05, 0) is 24.3 Å². The first-order chi connectivity index (χ1) is 10.3. The number of hydrogen-bond acceptors (Lipinski definition) is 4. The molecule has 0 fully saturated rings. The lowest BCUT2D eigenvalue weighted by molar-refractivity contribution is 0.110. The Labute approximate surface area is 135 Å². The molecule has 0 amide bonds. The van der Waals surface area contributed by atoms with E-state index in [2.05, 4.69) is 4.72 Å². The van der Waals surface area contributed by atoms with Crippen LogP contribution in [0.3, 0.4) is 0 Å². The van der Waals surface area contributed by atoms with E-state index in [-0.39, 0.29) is 6.54 Å². The molecule has 0 saturated heterocycles. The van der Waals surface area contributed by atoms with Crippen molar-refractivity contribution in [1.82, 2.24) is 4.72 Å². The van der Waals surface area contributed by atoms with Crippen LogP contribution in [0.1, 0.15) is 11.0 Å². The molecule has 1 heterocycles. The largest absolute Gasteiger partial charge is 0.375 e. The van der Waals surface area contributed by atoms with Crippen LogP contribution in [-0.2, 0) is 14.8 Å². The van der Waals surface area contributed by atoms with Crippen LogP contribution in [0.5, 0.6) is 0 Å². The number of thiophene rings is 1. The summed E-state index contributed by atoms with van der Waals surface area (Å²) in [5, 5.41) is 0. The maximum absolute atomic E-state index is 13.6. The minimum Gasteiger partial charge on any atom is -0.375 e. The summed E-state index contributed by atoms with van der Waals surface area (Å²) in [7, 11) is -2.94. The SMILES string of the molecule is COC(CNS(=O)(=O)c1c(F)cccc1F)c1ccc(Cl)s1. The number of ether oxygens (including phenoxy) is 1. The lowest BCUT2D eigenvalue weighted by Gasteiger charge is -2.15. The highest BCUT2D eigenvalue weighted by Gasteiger charge is 2.25. The van der Waals surface area contributed by atoms with Crippen molar-refractivity contribution in [3.05, 3.63) is 51.2 Å². The van der Waals surface area contributed by atoms with Crippen LogP contribution in [0, 0.1) is 11.6 Å². The summed E-state index contributed by atoms with van der Waals surface area (Å²) in [4.78, 5) is -0.307. The molecule has 2 rings (SSSR count). The average molecular weight is 368 g/mol. The Balaban J connectivity index is 2.19. The van der Waals surface area contributed by atoms with E-state index < -0.39 is 32.7 Å². The molecule has 1 unspecified atom stereocenters. The highest BCUT2D eigenvalue weighted by molar-refractivity contribution is 7.89. The van der Waals surface area contributed by atoms with E-state index in [4.69, 9.17) is 16.3 Å². The van der Waals surface area contributed by atoms with Crippen molar-refractivity contribution in [2.75, 3.05) is 13.7 Å². The fourth-order valence-electron chi connectivity index (χ4n) is 1.80. The van der Waals surface area contributed by atoms with E-state index in [1.54, 1.807) is 12.1 Å². The van der Waals surface area contributed by atoms with Gasteiger partial charge in [0, 0.05) is 18.5 Å². The van der Waals surface area contributed by atoms with Gasteiger partial charge in [0.2, 0.25) is 10.0 Å². The van der Waals surface area contributed by atoms with Crippen LogP contribution in [0.25, 0.3) is 0 Å². The third-order valence-corrected chi connectivity index (χ3v) is 5.64. The molecule has 22 heavy (non-hydrogen) atoms. The number of methoxy groups -OCH3 is 1. The molecule has 0 aliphatic carbocycles. The highest BCUT2D eigenvalue weighted by Crippen LogP contribution is 2.28. The molecular formula is C13H12ClF2NO3S2. The predicted molar refractivity (Wildman–Crippen MR) is 80.6 cm³/mol.